The van der Waals surface area contributed by atoms with Crippen LogP contribution in [-0.2, 0) is 9.59 Å². The second kappa shape index (κ2) is 7.97. The molecule has 4 heteroatoms. The van der Waals surface area contributed by atoms with Gasteiger partial charge in [-0.15, -0.1) is 0 Å². The average molecular weight is 338 g/mol. The molecule has 0 saturated carbocycles. The van der Waals surface area contributed by atoms with Crippen LogP contribution in [0.25, 0.3) is 0 Å². The topological polar surface area (TPSA) is 49.4 Å². The van der Waals surface area contributed by atoms with Crippen molar-refractivity contribution in [1.29, 1.82) is 0 Å². The van der Waals surface area contributed by atoms with Gasteiger partial charge in [0.2, 0.25) is 11.8 Å². The lowest BCUT2D eigenvalue weighted by Crippen LogP contribution is -2.50. The normalized spacial score (nSPS) is 12.3. The van der Waals surface area contributed by atoms with Crippen molar-refractivity contribution in [2.24, 2.45) is 5.41 Å². The Morgan fingerprint density at radius 3 is 2.04 bits per heavy atom. The van der Waals surface area contributed by atoms with Gasteiger partial charge < -0.3 is 10.2 Å². The highest BCUT2D eigenvalue weighted by Crippen LogP contribution is 2.25. The molecule has 4 nitrogen and oxygen atoms in total. The van der Waals surface area contributed by atoms with Crippen LogP contribution in [0.5, 0.6) is 0 Å². The summed E-state index contributed by atoms with van der Waals surface area (Å²) >= 11 is 0. The molecule has 132 valence electrons. The van der Waals surface area contributed by atoms with Gasteiger partial charge in [-0.2, -0.15) is 0 Å². The molecular weight excluding hydrogens is 312 g/mol. The summed E-state index contributed by atoms with van der Waals surface area (Å²) in [5.41, 5.74) is 0.649. The minimum absolute atomic E-state index is 0.160. The van der Waals surface area contributed by atoms with E-state index in [1.54, 1.807) is 18.7 Å². The largest absolute Gasteiger partial charge is 0.349 e. The molecule has 0 heterocycles. The van der Waals surface area contributed by atoms with Gasteiger partial charge in [0.1, 0.15) is 5.41 Å². The molecule has 2 rings (SSSR count). The first-order chi connectivity index (χ1) is 11.9. The highest BCUT2D eigenvalue weighted by Gasteiger charge is 2.39. The number of hydrogen-bond donors (Lipinski definition) is 1. The monoisotopic (exact) mass is 338 g/mol. The van der Waals surface area contributed by atoms with Crippen molar-refractivity contribution < 1.29 is 9.59 Å². The fourth-order valence-electron chi connectivity index (χ4n) is 2.69. The summed E-state index contributed by atoms with van der Waals surface area (Å²) < 4.78 is 0. The molecule has 0 bridgehead atoms. The molecule has 0 aliphatic carbocycles. The van der Waals surface area contributed by atoms with Crippen LogP contribution < -0.4 is 10.2 Å². The van der Waals surface area contributed by atoms with Crippen LogP contribution in [0.1, 0.15) is 39.3 Å². The van der Waals surface area contributed by atoms with E-state index >= 15 is 0 Å². The van der Waals surface area contributed by atoms with Gasteiger partial charge in [-0.3, -0.25) is 9.59 Å². The summed E-state index contributed by atoms with van der Waals surface area (Å²) in [6.45, 7) is 7.68. The highest BCUT2D eigenvalue weighted by atomic mass is 16.2. The first kappa shape index (κ1) is 18.7. The Bertz CT molecular complexity index is 711. The van der Waals surface area contributed by atoms with E-state index in [2.05, 4.69) is 5.32 Å². The van der Waals surface area contributed by atoms with E-state index in [-0.39, 0.29) is 17.9 Å². The zero-order chi connectivity index (χ0) is 18.4. The number of amides is 2. The van der Waals surface area contributed by atoms with Gasteiger partial charge in [0.25, 0.3) is 0 Å². The van der Waals surface area contributed by atoms with Crippen molar-refractivity contribution in [2.45, 2.75) is 33.7 Å². The molecule has 25 heavy (non-hydrogen) atoms. The summed E-state index contributed by atoms with van der Waals surface area (Å²) in [5.74, 6) is -0.484. The van der Waals surface area contributed by atoms with Crippen molar-refractivity contribution in [3.8, 4) is 0 Å². The number of benzene rings is 2. The van der Waals surface area contributed by atoms with E-state index in [0.29, 0.717) is 6.54 Å². The molecule has 1 unspecified atom stereocenters. The van der Waals surface area contributed by atoms with Gasteiger partial charge in [0.15, 0.2) is 0 Å². The molecule has 2 amide bonds. The lowest BCUT2D eigenvalue weighted by Gasteiger charge is -2.31. The standard InChI is InChI=1S/C21H26N2O2/c1-5-23(18-14-10-7-11-15-18)20(25)21(3,4)19(24)22-16(2)17-12-8-6-9-13-17/h6-16H,5H2,1-4H3,(H,22,24). The molecule has 0 aliphatic rings. The van der Waals surface area contributed by atoms with Gasteiger partial charge in [0, 0.05) is 12.2 Å². The maximum absolute atomic E-state index is 13.0. The van der Waals surface area contributed by atoms with E-state index in [4.69, 9.17) is 0 Å². The Hall–Kier alpha value is -2.62. The Kier molecular flexibility index (Phi) is 5.97. The van der Waals surface area contributed by atoms with Crippen molar-refractivity contribution >= 4 is 17.5 Å². The third kappa shape index (κ3) is 4.27. The van der Waals surface area contributed by atoms with Crippen LogP contribution >= 0.6 is 0 Å². The smallest absolute Gasteiger partial charge is 0.242 e. The van der Waals surface area contributed by atoms with E-state index in [0.717, 1.165) is 11.3 Å². The van der Waals surface area contributed by atoms with Crippen molar-refractivity contribution in [3.63, 3.8) is 0 Å². The predicted molar refractivity (Wildman–Crippen MR) is 101 cm³/mol. The van der Waals surface area contributed by atoms with Crippen LogP contribution in [0, 0.1) is 5.41 Å². The molecular formula is C21H26N2O2. The quantitative estimate of drug-likeness (QED) is 0.811. The molecule has 0 saturated heterocycles. The van der Waals surface area contributed by atoms with Crippen molar-refractivity contribution in [1.82, 2.24) is 5.32 Å². The SMILES string of the molecule is CCN(C(=O)C(C)(C)C(=O)NC(C)c1ccccc1)c1ccccc1. The van der Waals surface area contributed by atoms with E-state index in [9.17, 15) is 9.59 Å². The third-order valence-corrected chi connectivity index (χ3v) is 4.38. The molecule has 0 fully saturated rings. The van der Waals surface area contributed by atoms with E-state index < -0.39 is 5.41 Å². The number of carbonyl (C=O) groups excluding carboxylic acids is 2. The number of para-hydroxylation sites is 1. The second-order valence-electron chi connectivity index (χ2n) is 6.62. The fourth-order valence-corrected chi connectivity index (χ4v) is 2.69. The van der Waals surface area contributed by atoms with Crippen molar-refractivity contribution in [2.75, 3.05) is 11.4 Å². The number of nitrogens with one attached hydrogen (secondary N) is 1. The Balaban J connectivity index is 2.15. The maximum Gasteiger partial charge on any atom is 0.242 e. The summed E-state index contributed by atoms with van der Waals surface area (Å²) in [4.78, 5) is 27.4. The summed E-state index contributed by atoms with van der Waals surface area (Å²) in [5, 5.41) is 2.96. The van der Waals surface area contributed by atoms with Crippen LogP contribution in [-0.4, -0.2) is 18.4 Å². The number of carbonyl (C=O) groups is 2. The van der Waals surface area contributed by atoms with Gasteiger partial charge in [-0.1, -0.05) is 48.5 Å². The summed E-state index contributed by atoms with van der Waals surface area (Å²) in [6, 6.07) is 19.0. The molecule has 0 radical (unpaired) electrons. The average Bonchev–Trinajstić information content (AvgIpc) is 2.63. The molecule has 1 N–H and O–H groups in total. The number of hydrogen-bond acceptors (Lipinski definition) is 2. The minimum Gasteiger partial charge on any atom is -0.349 e. The zero-order valence-electron chi connectivity index (χ0n) is 15.3. The molecule has 2 aromatic carbocycles. The third-order valence-electron chi connectivity index (χ3n) is 4.38. The van der Waals surface area contributed by atoms with Gasteiger partial charge in [0.05, 0.1) is 6.04 Å². The second-order valence-corrected chi connectivity index (χ2v) is 6.62. The number of anilines is 1. The number of rotatable bonds is 6. The Morgan fingerprint density at radius 2 is 1.52 bits per heavy atom. The first-order valence-corrected chi connectivity index (χ1v) is 8.60. The van der Waals surface area contributed by atoms with Crippen LogP contribution in [0.3, 0.4) is 0 Å². The predicted octanol–water partition coefficient (Wildman–Crippen LogP) is 3.94. The molecule has 2 aromatic rings. The van der Waals surface area contributed by atoms with Crippen LogP contribution in [0.15, 0.2) is 60.7 Å². The van der Waals surface area contributed by atoms with Gasteiger partial charge in [-0.05, 0) is 45.4 Å². The molecule has 0 spiro atoms. The van der Waals surface area contributed by atoms with Gasteiger partial charge >= 0.3 is 0 Å². The maximum atomic E-state index is 13.0. The summed E-state index contributed by atoms with van der Waals surface area (Å²) in [7, 11) is 0. The molecule has 0 aromatic heterocycles. The van der Waals surface area contributed by atoms with Crippen LogP contribution in [0.2, 0.25) is 0 Å². The lowest BCUT2D eigenvalue weighted by molar-refractivity contribution is -0.140. The molecule has 0 aliphatic heterocycles. The van der Waals surface area contributed by atoms with Gasteiger partial charge in [-0.25, -0.2) is 0 Å². The minimum atomic E-state index is -1.16. The highest BCUT2D eigenvalue weighted by molar-refractivity contribution is 6.11. The first-order valence-electron chi connectivity index (χ1n) is 8.60. The molecule has 1 atom stereocenters. The Labute approximate surface area is 149 Å². The van der Waals surface area contributed by atoms with Crippen LogP contribution in [0.4, 0.5) is 5.69 Å². The van der Waals surface area contributed by atoms with E-state index in [1.807, 2.05) is 74.5 Å². The Morgan fingerprint density at radius 1 is 1.00 bits per heavy atom. The lowest BCUT2D eigenvalue weighted by atomic mass is 9.89. The van der Waals surface area contributed by atoms with Crippen molar-refractivity contribution in [3.05, 3.63) is 66.2 Å². The van der Waals surface area contributed by atoms with E-state index in [1.165, 1.54) is 0 Å². The summed E-state index contributed by atoms with van der Waals surface area (Å²) in [6.07, 6.45) is 0. The fraction of sp³-hybridized carbons (Fsp3) is 0.333. The number of nitrogens with zero attached hydrogens (tertiary/aromatic N) is 1. The zero-order valence-corrected chi connectivity index (χ0v) is 15.3.